The molecule has 1 aliphatic carbocycles. The predicted molar refractivity (Wildman–Crippen MR) is 108 cm³/mol. The number of aliphatic imine (C=N–C) groups is 1. The van der Waals surface area contributed by atoms with E-state index in [-0.39, 0.29) is 5.91 Å². The molecule has 152 valence electrons. The number of hydrogen-bond acceptors (Lipinski definition) is 3. The Morgan fingerprint density at radius 1 is 1.08 bits per heavy atom. The first-order chi connectivity index (χ1) is 12.5. The summed E-state index contributed by atoms with van der Waals surface area (Å²) in [6, 6.07) is 0.358. The van der Waals surface area contributed by atoms with Gasteiger partial charge in [0.2, 0.25) is 5.91 Å². The van der Waals surface area contributed by atoms with Crippen molar-refractivity contribution in [3.05, 3.63) is 0 Å². The van der Waals surface area contributed by atoms with E-state index in [2.05, 4.69) is 34.8 Å². The van der Waals surface area contributed by atoms with Gasteiger partial charge in [-0.1, -0.05) is 46.0 Å². The number of amides is 1. The van der Waals surface area contributed by atoms with Crippen molar-refractivity contribution in [1.29, 1.82) is 0 Å². The first-order valence-corrected chi connectivity index (χ1v) is 10.6. The van der Waals surface area contributed by atoms with Gasteiger partial charge in [-0.15, -0.1) is 0 Å². The summed E-state index contributed by atoms with van der Waals surface area (Å²) in [6.07, 6.45) is 9.79. The summed E-state index contributed by atoms with van der Waals surface area (Å²) in [5, 5.41) is 20.2. The Hall–Kier alpha value is -1.30. The molecule has 0 bridgehead atoms. The fourth-order valence-electron chi connectivity index (χ4n) is 3.62. The molecule has 0 radical (unpaired) electrons. The van der Waals surface area contributed by atoms with Crippen LogP contribution in [-0.2, 0) is 4.79 Å². The lowest BCUT2D eigenvalue weighted by molar-refractivity contribution is -0.121. The summed E-state index contributed by atoms with van der Waals surface area (Å²) in [5.41, 5.74) is -0.732. The minimum Gasteiger partial charge on any atom is -0.388 e. The zero-order chi connectivity index (χ0) is 19.3. The van der Waals surface area contributed by atoms with E-state index in [4.69, 9.17) is 0 Å². The van der Waals surface area contributed by atoms with E-state index < -0.39 is 5.60 Å². The van der Waals surface area contributed by atoms with Gasteiger partial charge in [0.15, 0.2) is 5.96 Å². The smallest absolute Gasteiger partial charge is 0.221 e. The molecule has 0 atom stereocenters. The van der Waals surface area contributed by atoms with Crippen molar-refractivity contribution in [2.24, 2.45) is 4.99 Å². The van der Waals surface area contributed by atoms with Crippen molar-refractivity contribution in [3.63, 3.8) is 0 Å². The van der Waals surface area contributed by atoms with Crippen LogP contribution in [0.1, 0.15) is 85.0 Å². The molecule has 1 rings (SSSR count). The van der Waals surface area contributed by atoms with E-state index in [1.54, 1.807) is 0 Å². The number of hydrogen-bond donors (Lipinski definition) is 4. The molecule has 0 spiro atoms. The molecule has 0 aromatic rings. The van der Waals surface area contributed by atoms with Gasteiger partial charge in [0, 0.05) is 25.6 Å². The maximum absolute atomic E-state index is 12.1. The first-order valence-electron chi connectivity index (χ1n) is 10.6. The summed E-state index contributed by atoms with van der Waals surface area (Å²) in [4.78, 5) is 16.6. The summed E-state index contributed by atoms with van der Waals surface area (Å²) in [7, 11) is 0. The third kappa shape index (κ3) is 9.41. The van der Waals surface area contributed by atoms with E-state index in [1.807, 2.05) is 6.92 Å². The lowest BCUT2D eigenvalue weighted by atomic mass is 9.93. The van der Waals surface area contributed by atoms with Gasteiger partial charge in [-0.25, -0.2) is 0 Å². The standard InChI is InChI=1S/C20H40N4O2/c1-4-13-20(26,14-5-2)16-23-19(21-6-3)22-15-12-18(25)24-17-10-8-7-9-11-17/h17,26H,4-16H2,1-3H3,(H,24,25)(H2,21,22,23). The Kier molecular flexibility index (Phi) is 11.3. The molecule has 6 nitrogen and oxygen atoms in total. The van der Waals surface area contributed by atoms with Crippen LogP contribution in [0.3, 0.4) is 0 Å². The van der Waals surface area contributed by atoms with E-state index in [0.29, 0.717) is 31.5 Å². The second kappa shape index (κ2) is 13.0. The maximum Gasteiger partial charge on any atom is 0.221 e. The Labute approximate surface area is 159 Å². The van der Waals surface area contributed by atoms with E-state index in [1.165, 1.54) is 19.3 Å². The van der Waals surface area contributed by atoms with Gasteiger partial charge in [0.05, 0.1) is 12.1 Å². The average molecular weight is 369 g/mol. The summed E-state index contributed by atoms with van der Waals surface area (Å²) in [5.74, 6) is 0.775. The fraction of sp³-hybridized carbons (Fsp3) is 0.900. The minimum absolute atomic E-state index is 0.105. The van der Waals surface area contributed by atoms with Crippen LogP contribution in [0.2, 0.25) is 0 Å². The maximum atomic E-state index is 12.1. The molecule has 0 aromatic heterocycles. The number of nitrogens with zero attached hydrogens (tertiary/aromatic N) is 1. The molecule has 1 aliphatic rings. The Balaban J connectivity index is 2.41. The lowest BCUT2D eigenvalue weighted by Crippen LogP contribution is -2.42. The van der Waals surface area contributed by atoms with Crippen LogP contribution in [0.15, 0.2) is 4.99 Å². The molecule has 0 saturated heterocycles. The summed E-state index contributed by atoms with van der Waals surface area (Å²) >= 11 is 0. The molecule has 1 amide bonds. The monoisotopic (exact) mass is 368 g/mol. The van der Waals surface area contributed by atoms with Crippen LogP contribution in [0.5, 0.6) is 0 Å². The number of guanidine groups is 1. The molecule has 26 heavy (non-hydrogen) atoms. The fourth-order valence-corrected chi connectivity index (χ4v) is 3.62. The van der Waals surface area contributed by atoms with Crippen LogP contribution in [0, 0.1) is 0 Å². The van der Waals surface area contributed by atoms with Crippen molar-refractivity contribution < 1.29 is 9.90 Å². The van der Waals surface area contributed by atoms with Gasteiger partial charge in [-0.05, 0) is 32.6 Å². The van der Waals surface area contributed by atoms with Gasteiger partial charge in [0.25, 0.3) is 0 Å². The number of carbonyl (C=O) groups is 1. The quantitative estimate of drug-likeness (QED) is 0.334. The molecule has 1 fully saturated rings. The largest absolute Gasteiger partial charge is 0.388 e. The van der Waals surface area contributed by atoms with Crippen LogP contribution in [-0.4, -0.2) is 48.3 Å². The zero-order valence-corrected chi connectivity index (χ0v) is 17.1. The number of carbonyl (C=O) groups excluding carboxylic acids is 1. The van der Waals surface area contributed by atoms with E-state index in [9.17, 15) is 9.90 Å². The minimum atomic E-state index is -0.732. The Bertz CT molecular complexity index is 414. The molecule has 0 heterocycles. The van der Waals surface area contributed by atoms with Gasteiger partial charge >= 0.3 is 0 Å². The molecule has 0 aromatic carbocycles. The molecule has 0 aliphatic heterocycles. The SMILES string of the molecule is CCCC(O)(CCC)CN=C(NCC)NCCC(=O)NC1CCCCC1. The van der Waals surface area contributed by atoms with Crippen LogP contribution in [0.4, 0.5) is 0 Å². The van der Waals surface area contributed by atoms with E-state index >= 15 is 0 Å². The van der Waals surface area contributed by atoms with Crippen LogP contribution >= 0.6 is 0 Å². The van der Waals surface area contributed by atoms with Crippen molar-refractivity contribution in [2.45, 2.75) is 96.6 Å². The van der Waals surface area contributed by atoms with Crippen molar-refractivity contribution >= 4 is 11.9 Å². The zero-order valence-electron chi connectivity index (χ0n) is 17.1. The topological polar surface area (TPSA) is 85.8 Å². The third-order valence-corrected chi connectivity index (χ3v) is 4.92. The highest BCUT2D eigenvalue weighted by Gasteiger charge is 2.24. The highest BCUT2D eigenvalue weighted by molar-refractivity contribution is 5.81. The van der Waals surface area contributed by atoms with Crippen LogP contribution < -0.4 is 16.0 Å². The van der Waals surface area contributed by atoms with Crippen molar-refractivity contribution in [1.82, 2.24) is 16.0 Å². The molecule has 0 unspecified atom stereocenters. The van der Waals surface area contributed by atoms with Gasteiger partial charge in [-0.3, -0.25) is 9.79 Å². The molecule has 4 N–H and O–H groups in total. The van der Waals surface area contributed by atoms with Gasteiger partial charge < -0.3 is 21.1 Å². The highest BCUT2D eigenvalue weighted by atomic mass is 16.3. The van der Waals surface area contributed by atoms with Crippen molar-refractivity contribution in [3.8, 4) is 0 Å². The normalized spacial score (nSPS) is 16.4. The number of aliphatic hydroxyl groups is 1. The molecular formula is C20H40N4O2. The van der Waals surface area contributed by atoms with Crippen molar-refractivity contribution in [2.75, 3.05) is 19.6 Å². The lowest BCUT2D eigenvalue weighted by Gasteiger charge is -2.26. The summed E-state index contributed by atoms with van der Waals surface area (Å²) in [6.45, 7) is 7.86. The number of rotatable bonds is 11. The van der Waals surface area contributed by atoms with Gasteiger partial charge in [0.1, 0.15) is 0 Å². The molecule has 1 saturated carbocycles. The summed E-state index contributed by atoms with van der Waals surface area (Å²) < 4.78 is 0. The first kappa shape index (κ1) is 22.7. The number of nitrogens with one attached hydrogen (secondary N) is 3. The Morgan fingerprint density at radius 2 is 1.73 bits per heavy atom. The second-order valence-corrected chi connectivity index (χ2v) is 7.50. The molecular weight excluding hydrogens is 328 g/mol. The van der Waals surface area contributed by atoms with Gasteiger partial charge in [-0.2, -0.15) is 0 Å². The predicted octanol–water partition coefficient (Wildman–Crippen LogP) is 2.71. The Morgan fingerprint density at radius 3 is 2.31 bits per heavy atom. The van der Waals surface area contributed by atoms with E-state index in [0.717, 1.165) is 45.1 Å². The van der Waals surface area contributed by atoms with Crippen LogP contribution in [0.25, 0.3) is 0 Å². The molecule has 6 heteroatoms. The third-order valence-electron chi connectivity index (χ3n) is 4.92. The highest BCUT2D eigenvalue weighted by Crippen LogP contribution is 2.20. The average Bonchev–Trinajstić information content (AvgIpc) is 2.61. The second-order valence-electron chi connectivity index (χ2n) is 7.50.